The summed E-state index contributed by atoms with van der Waals surface area (Å²) in [5.74, 6) is -0.138. The lowest BCUT2D eigenvalue weighted by Crippen LogP contribution is -2.44. The first-order valence-electron chi connectivity index (χ1n) is 7.73. The highest BCUT2D eigenvalue weighted by Crippen LogP contribution is 2.34. The van der Waals surface area contributed by atoms with Crippen LogP contribution in [0.1, 0.15) is 38.1 Å². The van der Waals surface area contributed by atoms with Crippen LogP contribution in [0, 0.1) is 0 Å². The van der Waals surface area contributed by atoms with E-state index in [-0.39, 0.29) is 34.8 Å². The number of rotatable bonds is 5. The average Bonchev–Trinajstić information content (AvgIpc) is 2.46. The standard InChI is InChI=1S/C17H24Cl2N2O4/c1-10(20-16(23)25-17(2,3)4)9-21(5)15(22)13-11(18)7-8-12(19)14(13)24-6/h7-8,10H,9H2,1-6H3,(H,20,23)/t10-/m0/s1. The fourth-order valence-electron chi connectivity index (χ4n) is 2.17. The molecule has 1 atom stereocenters. The third-order valence-electron chi connectivity index (χ3n) is 3.13. The van der Waals surface area contributed by atoms with Gasteiger partial charge in [-0.05, 0) is 39.8 Å². The number of likely N-dealkylation sites (N-methyl/N-ethyl adjacent to an activating group) is 1. The van der Waals surface area contributed by atoms with Crippen molar-refractivity contribution in [2.45, 2.75) is 39.3 Å². The molecule has 1 N–H and O–H groups in total. The lowest BCUT2D eigenvalue weighted by molar-refractivity contribution is 0.0491. The van der Waals surface area contributed by atoms with Gasteiger partial charge < -0.3 is 19.7 Å². The van der Waals surface area contributed by atoms with Gasteiger partial charge >= 0.3 is 6.09 Å². The topological polar surface area (TPSA) is 67.9 Å². The van der Waals surface area contributed by atoms with Crippen molar-refractivity contribution in [3.63, 3.8) is 0 Å². The maximum atomic E-state index is 12.7. The molecule has 2 amide bonds. The second kappa shape index (κ2) is 8.63. The van der Waals surface area contributed by atoms with Crippen molar-refractivity contribution in [1.82, 2.24) is 10.2 Å². The van der Waals surface area contributed by atoms with Gasteiger partial charge in [-0.25, -0.2) is 4.79 Å². The van der Waals surface area contributed by atoms with Crippen molar-refractivity contribution >= 4 is 35.2 Å². The van der Waals surface area contributed by atoms with Crippen LogP contribution in [0.25, 0.3) is 0 Å². The van der Waals surface area contributed by atoms with Crippen LogP contribution in [0.2, 0.25) is 10.0 Å². The highest BCUT2D eigenvalue weighted by Gasteiger charge is 2.24. The van der Waals surface area contributed by atoms with Gasteiger partial charge in [-0.1, -0.05) is 23.2 Å². The molecule has 0 saturated heterocycles. The molecule has 140 valence electrons. The van der Waals surface area contributed by atoms with E-state index in [1.54, 1.807) is 40.8 Å². The number of amides is 2. The van der Waals surface area contributed by atoms with Crippen LogP contribution in [0.5, 0.6) is 5.75 Å². The summed E-state index contributed by atoms with van der Waals surface area (Å²) in [6.07, 6.45) is -0.542. The number of carbonyl (C=O) groups excluding carboxylic acids is 2. The average molecular weight is 391 g/mol. The molecular weight excluding hydrogens is 367 g/mol. The molecule has 0 aliphatic rings. The molecular formula is C17H24Cl2N2O4. The number of nitrogens with one attached hydrogen (secondary N) is 1. The number of carbonyl (C=O) groups is 2. The predicted octanol–water partition coefficient (Wildman–Crippen LogP) is 3.99. The third-order valence-corrected chi connectivity index (χ3v) is 3.75. The van der Waals surface area contributed by atoms with Crippen molar-refractivity contribution in [2.75, 3.05) is 20.7 Å². The van der Waals surface area contributed by atoms with E-state index in [2.05, 4.69) is 5.32 Å². The molecule has 1 aromatic carbocycles. The van der Waals surface area contributed by atoms with E-state index in [4.69, 9.17) is 32.7 Å². The Labute approximate surface area is 158 Å². The Bertz CT molecular complexity index is 644. The number of hydrogen-bond acceptors (Lipinski definition) is 4. The maximum absolute atomic E-state index is 12.7. The number of alkyl carbamates (subject to hydrolysis) is 1. The van der Waals surface area contributed by atoms with Gasteiger partial charge in [0.15, 0.2) is 5.75 Å². The zero-order chi connectivity index (χ0) is 19.4. The van der Waals surface area contributed by atoms with Crippen LogP contribution in [0.3, 0.4) is 0 Å². The van der Waals surface area contributed by atoms with E-state index >= 15 is 0 Å². The first-order chi connectivity index (χ1) is 11.5. The quantitative estimate of drug-likeness (QED) is 0.824. The summed E-state index contributed by atoms with van der Waals surface area (Å²) in [6, 6.07) is 2.77. The second-order valence-corrected chi connectivity index (χ2v) is 7.48. The molecule has 25 heavy (non-hydrogen) atoms. The first kappa shape index (κ1) is 21.4. The number of hydrogen-bond donors (Lipinski definition) is 1. The SMILES string of the molecule is COc1c(Cl)ccc(Cl)c1C(=O)N(C)C[C@H](C)NC(=O)OC(C)(C)C. The largest absolute Gasteiger partial charge is 0.494 e. The van der Waals surface area contributed by atoms with Gasteiger partial charge in [0.2, 0.25) is 0 Å². The van der Waals surface area contributed by atoms with Crippen molar-refractivity contribution in [1.29, 1.82) is 0 Å². The summed E-state index contributed by atoms with van der Waals surface area (Å²) in [4.78, 5) is 25.9. The van der Waals surface area contributed by atoms with Gasteiger partial charge in [0.25, 0.3) is 5.91 Å². The zero-order valence-electron chi connectivity index (χ0n) is 15.3. The Hall–Kier alpha value is -1.66. The highest BCUT2D eigenvalue weighted by molar-refractivity contribution is 6.37. The van der Waals surface area contributed by atoms with Gasteiger partial charge in [-0.3, -0.25) is 4.79 Å². The number of methoxy groups -OCH3 is 1. The van der Waals surface area contributed by atoms with Crippen LogP contribution in [0.15, 0.2) is 12.1 Å². The molecule has 0 heterocycles. The van der Waals surface area contributed by atoms with Crippen molar-refractivity contribution in [3.05, 3.63) is 27.7 Å². The highest BCUT2D eigenvalue weighted by atomic mass is 35.5. The van der Waals surface area contributed by atoms with Crippen LogP contribution in [0.4, 0.5) is 4.79 Å². The summed E-state index contributed by atoms with van der Waals surface area (Å²) in [5, 5.41) is 3.22. The van der Waals surface area contributed by atoms with Crippen molar-refractivity contribution in [2.24, 2.45) is 0 Å². The summed E-state index contributed by atoms with van der Waals surface area (Å²) in [7, 11) is 3.02. The molecule has 8 heteroatoms. The van der Waals surface area contributed by atoms with Gasteiger partial charge in [0, 0.05) is 19.6 Å². The van der Waals surface area contributed by atoms with Crippen LogP contribution in [-0.2, 0) is 4.74 Å². The monoisotopic (exact) mass is 390 g/mol. The summed E-state index contributed by atoms with van der Waals surface area (Å²) in [6.45, 7) is 7.36. The predicted molar refractivity (Wildman–Crippen MR) is 98.8 cm³/mol. The molecule has 0 radical (unpaired) electrons. The summed E-state index contributed by atoms with van der Waals surface area (Å²) >= 11 is 12.2. The lowest BCUT2D eigenvalue weighted by atomic mass is 10.1. The number of nitrogens with zero attached hydrogens (tertiary/aromatic N) is 1. The Morgan fingerprint density at radius 1 is 1.24 bits per heavy atom. The fraction of sp³-hybridized carbons (Fsp3) is 0.529. The second-order valence-electron chi connectivity index (χ2n) is 6.67. The molecule has 1 rings (SSSR count). The molecule has 0 aliphatic carbocycles. The molecule has 0 aliphatic heterocycles. The van der Waals surface area contributed by atoms with E-state index in [0.29, 0.717) is 5.02 Å². The smallest absolute Gasteiger partial charge is 0.407 e. The molecule has 0 spiro atoms. The third kappa shape index (κ3) is 6.29. The van der Waals surface area contributed by atoms with Gasteiger partial charge in [-0.2, -0.15) is 0 Å². The van der Waals surface area contributed by atoms with Crippen molar-refractivity contribution in [3.8, 4) is 5.75 Å². The minimum absolute atomic E-state index is 0.184. The van der Waals surface area contributed by atoms with Crippen molar-refractivity contribution < 1.29 is 19.1 Å². The molecule has 0 unspecified atom stereocenters. The minimum atomic E-state index is -0.590. The van der Waals surface area contributed by atoms with E-state index in [9.17, 15) is 9.59 Å². The number of benzene rings is 1. The summed E-state index contributed by atoms with van der Waals surface area (Å²) < 4.78 is 10.4. The normalized spacial score (nSPS) is 12.3. The molecule has 6 nitrogen and oxygen atoms in total. The molecule has 0 aromatic heterocycles. The van der Waals surface area contributed by atoms with E-state index in [1.165, 1.54) is 18.1 Å². The minimum Gasteiger partial charge on any atom is -0.494 e. The lowest BCUT2D eigenvalue weighted by Gasteiger charge is -2.25. The Morgan fingerprint density at radius 2 is 1.80 bits per heavy atom. The van der Waals surface area contributed by atoms with Gasteiger partial charge in [-0.15, -0.1) is 0 Å². The molecule has 1 aromatic rings. The van der Waals surface area contributed by atoms with Gasteiger partial charge in [0.1, 0.15) is 11.2 Å². The van der Waals surface area contributed by atoms with E-state index in [0.717, 1.165) is 0 Å². The summed E-state index contributed by atoms with van der Waals surface area (Å²) in [5.41, 5.74) is -0.406. The molecule has 0 saturated carbocycles. The van der Waals surface area contributed by atoms with Gasteiger partial charge in [0.05, 0.1) is 17.2 Å². The van der Waals surface area contributed by atoms with E-state index < -0.39 is 11.7 Å². The maximum Gasteiger partial charge on any atom is 0.407 e. The molecule has 0 bridgehead atoms. The fourth-order valence-corrected chi connectivity index (χ4v) is 2.64. The van der Waals surface area contributed by atoms with E-state index in [1.807, 2.05) is 0 Å². The Kier molecular flexibility index (Phi) is 7.38. The molecule has 0 fully saturated rings. The Balaban J connectivity index is 2.81. The number of ether oxygens (including phenoxy) is 2. The van der Waals surface area contributed by atoms with Crippen LogP contribution >= 0.6 is 23.2 Å². The first-order valence-corrected chi connectivity index (χ1v) is 8.48. The number of halogens is 2. The Morgan fingerprint density at radius 3 is 2.32 bits per heavy atom. The van der Waals surface area contributed by atoms with Crippen LogP contribution in [-0.4, -0.2) is 49.2 Å². The zero-order valence-corrected chi connectivity index (χ0v) is 16.8. The van der Waals surface area contributed by atoms with Crippen LogP contribution < -0.4 is 10.1 Å².